The smallest absolute Gasteiger partial charge is 0.306 e. The van der Waals surface area contributed by atoms with Gasteiger partial charge in [-0.25, -0.2) is 0 Å². The zero-order valence-electron chi connectivity index (χ0n) is 41.9. The average Bonchev–Trinajstić information content (AvgIpc) is 3.32. The highest BCUT2D eigenvalue weighted by Gasteiger charge is 2.44. The van der Waals surface area contributed by atoms with E-state index in [0.717, 1.165) is 51.4 Å². The number of carbonyl (C=O) groups is 1. The zero-order valence-corrected chi connectivity index (χ0v) is 41.9. The molecule has 1 aliphatic rings. The van der Waals surface area contributed by atoms with Gasteiger partial charge >= 0.3 is 5.97 Å². The van der Waals surface area contributed by atoms with Crippen LogP contribution in [-0.2, 0) is 23.7 Å². The fourth-order valence-corrected chi connectivity index (χ4v) is 7.69. The van der Waals surface area contributed by atoms with Crippen molar-refractivity contribution in [3.05, 3.63) is 85.1 Å². The van der Waals surface area contributed by atoms with Crippen molar-refractivity contribution in [2.45, 2.75) is 243 Å². The van der Waals surface area contributed by atoms with Gasteiger partial charge in [-0.3, -0.25) is 4.79 Å². The lowest BCUT2D eigenvalue weighted by molar-refractivity contribution is -0.305. The Bertz CT molecular complexity index is 1280. The van der Waals surface area contributed by atoms with Crippen LogP contribution in [0.5, 0.6) is 0 Å². The molecule has 0 spiro atoms. The standard InChI is InChI=1S/C57H98O9/c1-3-5-7-9-11-13-15-17-19-21-23-24-25-26-27-29-31-33-35-37-39-41-43-45-47-63-49-51(50-64-57-56(62)55(61)54(60)52(48-58)66-57)65-53(59)46-44-42-40-38-36-34-32-30-28-22-20-18-16-14-12-10-8-6-4-2/h6,8,12,14,18,20-21,23,28,30,34,36,40,42,51-52,54-58,60-62H,3-5,7,9-11,13,15-17,19,22,24-27,29,31-33,35,37-39,41,43-50H2,1-2H3/b8-6-,14-12-,20-18-,23-21-,30-28-,36-34-,42-40-. The third-order valence-corrected chi connectivity index (χ3v) is 11.8. The van der Waals surface area contributed by atoms with Crippen LogP contribution in [0.2, 0.25) is 0 Å². The molecule has 0 aromatic heterocycles. The summed E-state index contributed by atoms with van der Waals surface area (Å²) in [5, 5.41) is 40.3. The van der Waals surface area contributed by atoms with Crippen LogP contribution in [0, 0.1) is 0 Å². The molecule has 9 nitrogen and oxygen atoms in total. The minimum atomic E-state index is -1.55. The van der Waals surface area contributed by atoms with Gasteiger partial charge in [-0.05, 0) is 77.0 Å². The van der Waals surface area contributed by atoms with E-state index in [2.05, 4.69) is 86.8 Å². The second-order valence-corrected chi connectivity index (χ2v) is 17.9. The fourth-order valence-electron chi connectivity index (χ4n) is 7.69. The lowest BCUT2D eigenvalue weighted by Gasteiger charge is -2.39. The summed E-state index contributed by atoms with van der Waals surface area (Å²) >= 11 is 0. The normalized spacial score (nSPS) is 20.0. The Balaban J connectivity index is 2.23. The highest BCUT2D eigenvalue weighted by atomic mass is 16.7. The SMILES string of the molecule is CC/C=C\C/C=C\C/C=C\C/C=C\C/C=C\C/C=C\CCC(=O)OC(COCCCCCCCCCCCCCC/C=C\CCCCCCCCCC)COC1OC(CO)C(O)C(O)C1O. The molecule has 1 aliphatic heterocycles. The largest absolute Gasteiger partial charge is 0.457 e. The van der Waals surface area contributed by atoms with Gasteiger partial charge in [-0.15, -0.1) is 0 Å². The van der Waals surface area contributed by atoms with E-state index >= 15 is 0 Å². The Labute approximate surface area is 403 Å². The van der Waals surface area contributed by atoms with Gasteiger partial charge in [0.05, 0.1) is 19.8 Å². The first-order valence-corrected chi connectivity index (χ1v) is 26.7. The van der Waals surface area contributed by atoms with E-state index in [9.17, 15) is 25.2 Å². The highest BCUT2D eigenvalue weighted by molar-refractivity contribution is 5.69. The Morgan fingerprint density at radius 3 is 1.39 bits per heavy atom. The van der Waals surface area contributed by atoms with Gasteiger partial charge in [-0.2, -0.15) is 0 Å². The molecule has 1 saturated heterocycles. The third-order valence-electron chi connectivity index (χ3n) is 11.8. The van der Waals surface area contributed by atoms with Gasteiger partial charge in [0.1, 0.15) is 30.5 Å². The highest BCUT2D eigenvalue weighted by Crippen LogP contribution is 2.22. The van der Waals surface area contributed by atoms with E-state index in [1.165, 1.54) is 128 Å². The Hall–Kier alpha value is -2.63. The maximum Gasteiger partial charge on any atom is 0.306 e. The van der Waals surface area contributed by atoms with Crippen LogP contribution in [0.1, 0.15) is 206 Å². The summed E-state index contributed by atoms with van der Waals surface area (Å²) in [6.07, 6.45) is 57.8. The summed E-state index contributed by atoms with van der Waals surface area (Å²) in [4.78, 5) is 12.8. The molecule has 9 heteroatoms. The van der Waals surface area contributed by atoms with Gasteiger partial charge in [-0.1, -0.05) is 208 Å². The minimum Gasteiger partial charge on any atom is -0.457 e. The molecule has 0 aliphatic carbocycles. The number of esters is 1. The molecule has 6 unspecified atom stereocenters. The number of rotatable bonds is 45. The molecule has 380 valence electrons. The summed E-state index contributed by atoms with van der Waals surface area (Å²) in [5.74, 6) is -0.396. The van der Waals surface area contributed by atoms with Gasteiger partial charge in [0.15, 0.2) is 6.29 Å². The molecule has 0 bridgehead atoms. The third kappa shape index (κ3) is 37.4. The van der Waals surface area contributed by atoms with E-state index in [4.69, 9.17) is 18.9 Å². The molecule has 1 fully saturated rings. The average molecular weight is 927 g/mol. The van der Waals surface area contributed by atoms with Crippen molar-refractivity contribution in [2.75, 3.05) is 26.4 Å². The number of hydrogen-bond donors (Lipinski definition) is 4. The lowest BCUT2D eigenvalue weighted by atomic mass is 9.99. The molecule has 0 amide bonds. The van der Waals surface area contributed by atoms with Crippen LogP contribution in [0.3, 0.4) is 0 Å². The van der Waals surface area contributed by atoms with Crippen LogP contribution in [0.4, 0.5) is 0 Å². The van der Waals surface area contributed by atoms with Crippen molar-refractivity contribution in [1.29, 1.82) is 0 Å². The molecule has 4 N–H and O–H groups in total. The van der Waals surface area contributed by atoms with E-state index < -0.39 is 49.4 Å². The lowest BCUT2D eigenvalue weighted by Crippen LogP contribution is -2.59. The van der Waals surface area contributed by atoms with Crippen LogP contribution in [0.15, 0.2) is 85.1 Å². The number of aliphatic hydroxyl groups excluding tert-OH is 4. The van der Waals surface area contributed by atoms with Crippen LogP contribution >= 0.6 is 0 Å². The summed E-state index contributed by atoms with van der Waals surface area (Å²) < 4.78 is 22.8. The molecule has 66 heavy (non-hydrogen) atoms. The van der Waals surface area contributed by atoms with Crippen molar-refractivity contribution in [1.82, 2.24) is 0 Å². The van der Waals surface area contributed by atoms with Gasteiger partial charge in [0.2, 0.25) is 0 Å². The monoisotopic (exact) mass is 927 g/mol. The number of unbranched alkanes of at least 4 members (excludes halogenated alkanes) is 20. The molecular formula is C57H98O9. The topological polar surface area (TPSA) is 135 Å². The molecule has 0 saturated carbocycles. The fraction of sp³-hybridized carbons (Fsp3) is 0.737. The quantitative estimate of drug-likeness (QED) is 0.0267. The van der Waals surface area contributed by atoms with E-state index in [0.29, 0.717) is 13.0 Å². The molecular weight excluding hydrogens is 829 g/mol. The van der Waals surface area contributed by atoms with E-state index in [1.807, 2.05) is 12.2 Å². The van der Waals surface area contributed by atoms with Crippen LogP contribution in [-0.4, -0.2) is 89.6 Å². The van der Waals surface area contributed by atoms with E-state index in [1.54, 1.807) is 0 Å². The number of carbonyl (C=O) groups excluding carboxylic acids is 1. The molecule has 1 rings (SSSR count). The predicted octanol–water partition coefficient (Wildman–Crippen LogP) is 13.4. The van der Waals surface area contributed by atoms with Crippen molar-refractivity contribution in [2.24, 2.45) is 0 Å². The summed E-state index contributed by atoms with van der Waals surface area (Å²) in [6.45, 7) is 4.36. The van der Waals surface area contributed by atoms with Gasteiger partial charge in [0.25, 0.3) is 0 Å². The molecule has 0 radical (unpaired) electrons. The van der Waals surface area contributed by atoms with Crippen molar-refractivity contribution < 1.29 is 44.2 Å². The maximum atomic E-state index is 12.8. The first-order chi connectivity index (χ1) is 32.4. The Morgan fingerprint density at radius 1 is 0.500 bits per heavy atom. The second kappa shape index (κ2) is 47.4. The molecule has 6 atom stereocenters. The molecule has 0 aromatic carbocycles. The van der Waals surface area contributed by atoms with Crippen LogP contribution < -0.4 is 0 Å². The predicted molar refractivity (Wildman–Crippen MR) is 274 cm³/mol. The van der Waals surface area contributed by atoms with Gasteiger partial charge < -0.3 is 39.4 Å². The first-order valence-electron chi connectivity index (χ1n) is 26.7. The van der Waals surface area contributed by atoms with Crippen molar-refractivity contribution in [3.63, 3.8) is 0 Å². The summed E-state index contributed by atoms with van der Waals surface area (Å²) in [7, 11) is 0. The van der Waals surface area contributed by atoms with Crippen LogP contribution in [0.25, 0.3) is 0 Å². The Kier molecular flexibility index (Phi) is 44.1. The van der Waals surface area contributed by atoms with Crippen molar-refractivity contribution in [3.8, 4) is 0 Å². The number of ether oxygens (including phenoxy) is 4. The molecule has 0 aromatic rings. The van der Waals surface area contributed by atoms with Crippen molar-refractivity contribution >= 4 is 5.97 Å². The summed E-state index contributed by atoms with van der Waals surface area (Å²) in [6, 6.07) is 0. The zero-order chi connectivity index (χ0) is 47.8. The van der Waals surface area contributed by atoms with Gasteiger partial charge in [0, 0.05) is 13.0 Å². The van der Waals surface area contributed by atoms with E-state index in [-0.39, 0.29) is 19.6 Å². The number of hydrogen-bond acceptors (Lipinski definition) is 9. The number of allylic oxidation sites excluding steroid dienone is 14. The first kappa shape index (κ1) is 61.4. The second-order valence-electron chi connectivity index (χ2n) is 17.9. The summed E-state index contributed by atoms with van der Waals surface area (Å²) in [5.41, 5.74) is 0. The minimum absolute atomic E-state index is 0.110. The Morgan fingerprint density at radius 2 is 0.924 bits per heavy atom. The molecule has 1 heterocycles. The maximum absolute atomic E-state index is 12.8. The number of aliphatic hydroxyl groups is 4.